The Morgan fingerprint density at radius 1 is 0.972 bits per heavy atom. The van der Waals surface area contributed by atoms with Crippen LogP contribution in [0.3, 0.4) is 0 Å². The number of hydrogen-bond acceptors (Lipinski definition) is 6. The Morgan fingerprint density at radius 3 is 2.50 bits per heavy atom. The fourth-order valence-electron chi connectivity index (χ4n) is 3.82. The molecule has 1 aliphatic heterocycles. The fraction of sp³-hybridized carbons (Fsp3) is 0.250. The molecule has 0 aliphatic carbocycles. The van der Waals surface area contributed by atoms with Crippen LogP contribution >= 0.6 is 0 Å². The van der Waals surface area contributed by atoms with Gasteiger partial charge in [0.1, 0.15) is 5.88 Å². The largest absolute Gasteiger partial charge is 0.521 e. The van der Waals surface area contributed by atoms with E-state index in [1.165, 1.54) is 0 Å². The molecule has 0 fully saturated rings. The molecule has 0 unspecified atom stereocenters. The van der Waals surface area contributed by atoms with Crippen molar-refractivity contribution in [1.82, 2.24) is 19.3 Å². The smallest absolute Gasteiger partial charge is 0.219 e. The topological polar surface area (TPSA) is 55.1 Å². The number of hydrogen-bond donors (Lipinski definition) is 0. The molecule has 0 saturated carbocycles. The van der Waals surface area contributed by atoms with Crippen LogP contribution in [0.4, 0.5) is 5.69 Å². The van der Waals surface area contributed by atoms with Gasteiger partial charge in [-0.15, -0.1) is 36.0 Å². The van der Waals surface area contributed by atoms with Gasteiger partial charge in [0.15, 0.2) is 0 Å². The number of aryl methyl sites for hydroxylation is 2. The molecule has 3 aromatic heterocycles. The average molecular weight is 662 g/mol. The van der Waals surface area contributed by atoms with E-state index >= 15 is 0 Å². The molecule has 5 rings (SSSR count). The summed E-state index contributed by atoms with van der Waals surface area (Å²) in [5, 5.41) is 0. The summed E-state index contributed by atoms with van der Waals surface area (Å²) in [6.07, 6.45) is 5.70. The van der Waals surface area contributed by atoms with Crippen LogP contribution in [0.2, 0.25) is 0 Å². The molecule has 0 amide bonds. The maximum absolute atomic E-state index is 6.26. The summed E-state index contributed by atoms with van der Waals surface area (Å²) >= 11 is 0. The molecule has 0 atom stereocenters. The summed E-state index contributed by atoms with van der Waals surface area (Å²) in [7, 11) is 1.98. The third kappa shape index (κ3) is 5.26. The second-order valence-corrected chi connectivity index (χ2v) is 9.64. The van der Waals surface area contributed by atoms with E-state index in [1.807, 2.05) is 90.6 Å². The molecule has 190 valence electrons. The number of pyridine rings is 2. The summed E-state index contributed by atoms with van der Waals surface area (Å²) in [5.41, 5.74) is 4.57. The van der Waals surface area contributed by atoms with E-state index in [0.717, 1.165) is 22.6 Å². The van der Waals surface area contributed by atoms with E-state index in [2.05, 4.69) is 42.9 Å². The number of benzene rings is 1. The minimum Gasteiger partial charge on any atom is -0.521 e. The molecule has 0 bridgehead atoms. The van der Waals surface area contributed by atoms with Gasteiger partial charge in [0.25, 0.3) is 0 Å². The van der Waals surface area contributed by atoms with Crippen molar-refractivity contribution in [3.05, 3.63) is 90.7 Å². The Hall–Kier alpha value is -3.31. The summed E-state index contributed by atoms with van der Waals surface area (Å²) in [6.45, 7) is 12.4. The number of imidazole rings is 1. The molecule has 4 aromatic rings. The van der Waals surface area contributed by atoms with Crippen molar-refractivity contribution in [2.24, 2.45) is 0 Å². The standard InChI is InChI=1S/C28H28N5O2.Pt/c1-19-20(2)33-25(30-19)16-24(17-27(33)35-26-14-21(10-11-29-26)28(3,4)5)34-23-9-7-8-22(15-23)32-13-12-31(6)18-32;/h7-14,16,18H,1-6H3;/q-3;. The van der Waals surface area contributed by atoms with Crippen LogP contribution in [0.15, 0.2) is 55.0 Å². The Bertz CT molecular complexity index is 1420. The number of fused-ring (bicyclic) bond motifs is 1. The van der Waals surface area contributed by atoms with Crippen molar-refractivity contribution in [1.29, 1.82) is 0 Å². The number of ether oxygens (including phenoxy) is 2. The van der Waals surface area contributed by atoms with Gasteiger partial charge in [0.2, 0.25) is 5.88 Å². The molecule has 8 heteroatoms. The van der Waals surface area contributed by atoms with Crippen LogP contribution in [-0.4, -0.2) is 26.3 Å². The predicted molar refractivity (Wildman–Crippen MR) is 136 cm³/mol. The molecule has 0 saturated heterocycles. The average Bonchev–Trinajstić information content (AvgIpc) is 3.36. The zero-order chi connectivity index (χ0) is 24.7. The van der Waals surface area contributed by atoms with Crippen LogP contribution in [0.5, 0.6) is 23.3 Å². The SMILES string of the molecule is Cc1nc2cc(Oc3[c-]c(N4C=CN(C)[CH-]4)ccc3)[c-]c(Oc3cc(C(C)(C)C)ccn3)n2c1C.[Pt]. The molecular weight excluding hydrogens is 633 g/mol. The third-order valence-corrected chi connectivity index (χ3v) is 5.89. The summed E-state index contributed by atoms with van der Waals surface area (Å²) < 4.78 is 14.4. The number of nitrogens with zero attached hydrogens (tertiary/aromatic N) is 5. The van der Waals surface area contributed by atoms with Crippen LogP contribution < -0.4 is 14.4 Å². The monoisotopic (exact) mass is 661 g/mol. The Balaban J connectivity index is 0.00000304. The van der Waals surface area contributed by atoms with Crippen molar-refractivity contribution >= 4 is 11.3 Å². The summed E-state index contributed by atoms with van der Waals surface area (Å²) in [5.74, 6) is 2.00. The maximum atomic E-state index is 6.26. The van der Waals surface area contributed by atoms with E-state index in [1.54, 1.807) is 6.20 Å². The van der Waals surface area contributed by atoms with Gasteiger partial charge in [-0.2, -0.15) is 12.7 Å². The Labute approximate surface area is 226 Å². The predicted octanol–water partition coefficient (Wildman–Crippen LogP) is 6.17. The summed E-state index contributed by atoms with van der Waals surface area (Å²) in [4.78, 5) is 13.1. The van der Waals surface area contributed by atoms with Crippen molar-refractivity contribution in [3.8, 4) is 23.3 Å². The second-order valence-electron chi connectivity index (χ2n) is 9.64. The first kappa shape index (κ1) is 25.8. The first-order chi connectivity index (χ1) is 16.7. The number of anilines is 1. The number of aromatic nitrogens is 3. The van der Waals surface area contributed by atoms with Gasteiger partial charge in [-0.3, -0.25) is 9.38 Å². The van der Waals surface area contributed by atoms with E-state index in [4.69, 9.17) is 9.47 Å². The molecule has 1 aliphatic rings. The normalized spacial score (nSPS) is 13.3. The van der Waals surface area contributed by atoms with E-state index < -0.39 is 0 Å². The van der Waals surface area contributed by atoms with Crippen molar-refractivity contribution in [2.45, 2.75) is 40.0 Å². The van der Waals surface area contributed by atoms with Gasteiger partial charge < -0.3 is 19.3 Å². The van der Waals surface area contributed by atoms with Crippen LogP contribution in [0, 0.1) is 32.6 Å². The minimum absolute atomic E-state index is 0. The molecule has 36 heavy (non-hydrogen) atoms. The van der Waals surface area contributed by atoms with Crippen LogP contribution in [0.1, 0.15) is 37.7 Å². The first-order valence-electron chi connectivity index (χ1n) is 11.5. The van der Waals surface area contributed by atoms with Gasteiger partial charge in [-0.25, -0.2) is 4.98 Å². The molecule has 7 nitrogen and oxygen atoms in total. The first-order valence-corrected chi connectivity index (χ1v) is 11.5. The van der Waals surface area contributed by atoms with Crippen molar-refractivity contribution < 1.29 is 30.5 Å². The molecular formula is C28H28N5O2Pt-3. The Kier molecular flexibility index (Phi) is 7.14. The zero-order valence-corrected chi connectivity index (χ0v) is 23.4. The molecule has 0 N–H and O–H groups in total. The van der Waals surface area contributed by atoms with Gasteiger partial charge in [-0.05, 0) is 56.1 Å². The molecule has 1 aromatic carbocycles. The molecule has 4 heterocycles. The van der Waals surface area contributed by atoms with Crippen LogP contribution in [-0.2, 0) is 26.5 Å². The molecule has 0 spiro atoms. The third-order valence-electron chi connectivity index (χ3n) is 5.89. The van der Waals surface area contributed by atoms with Gasteiger partial charge in [-0.1, -0.05) is 20.8 Å². The van der Waals surface area contributed by atoms with E-state index in [-0.39, 0.29) is 26.5 Å². The van der Waals surface area contributed by atoms with Crippen molar-refractivity contribution in [2.75, 3.05) is 11.9 Å². The van der Waals surface area contributed by atoms with E-state index in [9.17, 15) is 0 Å². The summed E-state index contributed by atoms with van der Waals surface area (Å²) in [6, 6.07) is 18.2. The van der Waals surface area contributed by atoms with Gasteiger partial charge in [0.05, 0.1) is 11.3 Å². The van der Waals surface area contributed by atoms with Crippen molar-refractivity contribution in [3.63, 3.8) is 0 Å². The van der Waals surface area contributed by atoms with Gasteiger partial charge in [0, 0.05) is 44.8 Å². The van der Waals surface area contributed by atoms with E-state index in [0.29, 0.717) is 28.9 Å². The minimum atomic E-state index is -0.0236. The van der Waals surface area contributed by atoms with Crippen LogP contribution in [0.25, 0.3) is 5.65 Å². The maximum Gasteiger partial charge on any atom is 0.219 e. The second kappa shape index (κ2) is 9.98. The number of rotatable bonds is 5. The Morgan fingerprint density at radius 2 is 1.78 bits per heavy atom. The quantitative estimate of drug-likeness (QED) is 0.239. The fourth-order valence-corrected chi connectivity index (χ4v) is 3.82. The van der Waals surface area contributed by atoms with Gasteiger partial charge >= 0.3 is 0 Å². The zero-order valence-electron chi connectivity index (χ0n) is 21.1. The molecule has 0 radical (unpaired) electrons.